The smallest absolute Gasteiger partial charge is 0.328 e. The molecule has 0 N–H and O–H groups in total. The van der Waals surface area contributed by atoms with Gasteiger partial charge in [0, 0.05) is 17.8 Å². The van der Waals surface area contributed by atoms with E-state index in [1.54, 1.807) is 33.0 Å². The van der Waals surface area contributed by atoms with Crippen molar-refractivity contribution in [3.63, 3.8) is 0 Å². The van der Waals surface area contributed by atoms with E-state index in [2.05, 4.69) is 5.10 Å². The third kappa shape index (κ3) is 4.53. The third-order valence-corrected chi connectivity index (χ3v) is 3.14. The third-order valence-electron chi connectivity index (χ3n) is 2.82. The second kappa shape index (κ2) is 6.37. The topological polar surface area (TPSA) is 87.3 Å². The number of nitro groups is 1. The van der Waals surface area contributed by atoms with Gasteiger partial charge in [0.15, 0.2) is 0 Å². The predicted octanol–water partition coefficient (Wildman–Crippen LogP) is 3.45. The van der Waals surface area contributed by atoms with Gasteiger partial charge in [0.25, 0.3) is 5.69 Å². The van der Waals surface area contributed by atoms with E-state index in [1.807, 2.05) is 0 Å². The summed E-state index contributed by atoms with van der Waals surface area (Å²) in [7, 11) is 0. The monoisotopic (exact) mass is 337 g/mol. The van der Waals surface area contributed by atoms with Crippen molar-refractivity contribution in [2.45, 2.75) is 32.9 Å². The van der Waals surface area contributed by atoms with E-state index in [4.69, 9.17) is 16.3 Å². The number of nitrogens with zero attached hydrogens (tertiary/aromatic N) is 3. The van der Waals surface area contributed by atoms with E-state index in [1.165, 1.54) is 23.0 Å². The molecule has 0 saturated heterocycles. The fraction of sp³-hybridized carbons (Fsp3) is 0.333. The molecular weight excluding hydrogens is 322 g/mol. The van der Waals surface area contributed by atoms with Gasteiger partial charge in [-0.25, -0.2) is 0 Å². The van der Waals surface area contributed by atoms with Crippen molar-refractivity contribution >= 4 is 23.3 Å². The van der Waals surface area contributed by atoms with Gasteiger partial charge in [0.1, 0.15) is 17.2 Å². The number of aromatic nitrogens is 2. The van der Waals surface area contributed by atoms with Crippen LogP contribution in [0.5, 0.6) is 0 Å². The second-order valence-electron chi connectivity index (χ2n) is 5.94. The minimum absolute atomic E-state index is 0.0348. The lowest BCUT2D eigenvalue weighted by Gasteiger charge is -2.19. The minimum Gasteiger partial charge on any atom is -0.459 e. The molecule has 2 rings (SSSR count). The Kier molecular flexibility index (Phi) is 4.70. The van der Waals surface area contributed by atoms with Gasteiger partial charge in [-0.2, -0.15) is 5.10 Å². The quantitative estimate of drug-likeness (QED) is 0.484. The highest BCUT2D eigenvalue weighted by atomic mass is 35.5. The SMILES string of the molecule is CC(C)(C)OC(=O)Cn1cc(-c2ccc(Cl)c([N+](=O)[O-])c2)cn1. The summed E-state index contributed by atoms with van der Waals surface area (Å²) in [5.74, 6) is -0.408. The van der Waals surface area contributed by atoms with Crippen LogP contribution in [-0.4, -0.2) is 26.3 Å². The van der Waals surface area contributed by atoms with Gasteiger partial charge < -0.3 is 4.74 Å². The molecule has 8 heteroatoms. The molecule has 7 nitrogen and oxygen atoms in total. The van der Waals surface area contributed by atoms with Crippen molar-refractivity contribution in [1.82, 2.24) is 9.78 Å². The summed E-state index contributed by atoms with van der Waals surface area (Å²) in [6, 6.07) is 4.49. The number of rotatable bonds is 4. The van der Waals surface area contributed by atoms with Crippen LogP contribution in [0.1, 0.15) is 20.8 Å². The van der Waals surface area contributed by atoms with Crippen molar-refractivity contribution < 1.29 is 14.5 Å². The minimum atomic E-state index is -0.566. The molecule has 1 aromatic carbocycles. The summed E-state index contributed by atoms with van der Waals surface area (Å²) >= 11 is 5.79. The molecule has 122 valence electrons. The molecule has 0 atom stereocenters. The lowest BCUT2D eigenvalue weighted by molar-refractivity contribution is -0.384. The molecule has 0 aliphatic carbocycles. The predicted molar refractivity (Wildman–Crippen MR) is 85.2 cm³/mol. The number of benzene rings is 1. The number of hydrogen-bond acceptors (Lipinski definition) is 5. The summed E-state index contributed by atoms with van der Waals surface area (Å²) < 4.78 is 6.64. The van der Waals surface area contributed by atoms with E-state index in [0.717, 1.165) is 0 Å². The largest absolute Gasteiger partial charge is 0.459 e. The Hall–Kier alpha value is -2.41. The number of esters is 1. The number of carbonyl (C=O) groups excluding carboxylic acids is 1. The van der Waals surface area contributed by atoms with Crippen LogP contribution in [-0.2, 0) is 16.1 Å². The first-order valence-electron chi connectivity index (χ1n) is 6.84. The Labute approximate surface area is 138 Å². The van der Waals surface area contributed by atoms with Crippen molar-refractivity contribution in [2.24, 2.45) is 0 Å². The van der Waals surface area contributed by atoms with E-state index < -0.39 is 16.5 Å². The lowest BCUT2D eigenvalue weighted by Crippen LogP contribution is -2.26. The Morgan fingerprint density at radius 1 is 1.39 bits per heavy atom. The fourth-order valence-electron chi connectivity index (χ4n) is 1.94. The maximum absolute atomic E-state index is 11.8. The molecule has 2 aromatic rings. The van der Waals surface area contributed by atoms with E-state index >= 15 is 0 Å². The number of nitro benzene ring substituents is 1. The van der Waals surface area contributed by atoms with Crippen LogP contribution in [0.15, 0.2) is 30.6 Å². The van der Waals surface area contributed by atoms with Gasteiger partial charge in [-0.3, -0.25) is 19.6 Å². The Morgan fingerprint density at radius 2 is 2.09 bits per heavy atom. The zero-order valence-corrected chi connectivity index (χ0v) is 13.7. The normalized spacial score (nSPS) is 11.3. The van der Waals surface area contributed by atoms with Crippen molar-refractivity contribution in [3.05, 3.63) is 45.7 Å². The standard InChI is InChI=1S/C15H16ClN3O4/c1-15(2,3)23-14(20)9-18-8-11(7-17-18)10-4-5-12(16)13(6-10)19(21)22/h4-8H,9H2,1-3H3. The zero-order chi connectivity index (χ0) is 17.2. The Morgan fingerprint density at radius 3 is 2.70 bits per heavy atom. The van der Waals surface area contributed by atoms with Crippen molar-refractivity contribution in [2.75, 3.05) is 0 Å². The van der Waals surface area contributed by atoms with Crippen LogP contribution < -0.4 is 0 Å². The summed E-state index contributed by atoms with van der Waals surface area (Å²) in [6.07, 6.45) is 3.15. The summed E-state index contributed by atoms with van der Waals surface area (Å²) in [4.78, 5) is 22.2. The van der Waals surface area contributed by atoms with E-state index in [9.17, 15) is 14.9 Å². The fourth-order valence-corrected chi connectivity index (χ4v) is 2.12. The number of carbonyl (C=O) groups is 1. The molecule has 0 spiro atoms. The first-order chi connectivity index (χ1) is 10.7. The van der Waals surface area contributed by atoms with Crippen LogP contribution in [0, 0.1) is 10.1 Å². The molecule has 0 radical (unpaired) electrons. The Balaban J connectivity index is 2.18. The molecule has 0 fully saturated rings. The highest BCUT2D eigenvalue weighted by Gasteiger charge is 2.18. The maximum Gasteiger partial charge on any atom is 0.328 e. The lowest BCUT2D eigenvalue weighted by atomic mass is 10.1. The van der Waals surface area contributed by atoms with E-state index in [0.29, 0.717) is 11.1 Å². The van der Waals surface area contributed by atoms with Crippen LogP contribution in [0.2, 0.25) is 5.02 Å². The molecule has 0 amide bonds. The van der Waals surface area contributed by atoms with Crippen LogP contribution >= 0.6 is 11.6 Å². The average Bonchev–Trinajstić information content (AvgIpc) is 2.84. The zero-order valence-electron chi connectivity index (χ0n) is 12.9. The molecule has 1 heterocycles. The van der Waals surface area contributed by atoms with Gasteiger partial charge in [-0.1, -0.05) is 17.7 Å². The molecule has 0 saturated carbocycles. The number of hydrogen-bond donors (Lipinski definition) is 0. The van der Waals surface area contributed by atoms with Gasteiger partial charge in [0.2, 0.25) is 0 Å². The first kappa shape index (κ1) is 17.0. The molecular formula is C15H16ClN3O4. The summed E-state index contributed by atoms with van der Waals surface area (Å²) in [5.41, 5.74) is 0.498. The average molecular weight is 338 g/mol. The van der Waals surface area contributed by atoms with Crippen molar-refractivity contribution in [1.29, 1.82) is 0 Å². The molecule has 0 unspecified atom stereocenters. The highest BCUT2D eigenvalue weighted by molar-refractivity contribution is 6.32. The molecule has 0 aliphatic heterocycles. The summed E-state index contributed by atoms with van der Waals surface area (Å²) in [5, 5.41) is 15.1. The first-order valence-corrected chi connectivity index (χ1v) is 7.22. The van der Waals surface area contributed by atoms with Gasteiger partial charge in [-0.05, 0) is 32.4 Å². The number of halogens is 1. The summed E-state index contributed by atoms with van der Waals surface area (Å²) in [6.45, 7) is 5.32. The van der Waals surface area contributed by atoms with Crippen LogP contribution in [0.25, 0.3) is 11.1 Å². The van der Waals surface area contributed by atoms with Crippen LogP contribution in [0.3, 0.4) is 0 Å². The van der Waals surface area contributed by atoms with Crippen LogP contribution in [0.4, 0.5) is 5.69 Å². The number of ether oxygens (including phenoxy) is 1. The van der Waals surface area contributed by atoms with Gasteiger partial charge >= 0.3 is 5.97 Å². The Bertz CT molecular complexity index is 749. The molecule has 23 heavy (non-hydrogen) atoms. The molecule has 1 aromatic heterocycles. The highest BCUT2D eigenvalue weighted by Crippen LogP contribution is 2.30. The van der Waals surface area contributed by atoms with E-state index in [-0.39, 0.29) is 17.3 Å². The molecule has 0 aliphatic rings. The van der Waals surface area contributed by atoms with Gasteiger partial charge in [0.05, 0.1) is 11.1 Å². The maximum atomic E-state index is 11.8. The van der Waals surface area contributed by atoms with Gasteiger partial charge in [-0.15, -0.1) is 0 Å². The van der Waals surface area contributed by atoms with Crippen molar-refractivity contribution in [3.8, 4) is 11.1 Å². The second-order valence-corrected chi connectivity index (χ2v) is 6.34. The molecule has 0 bridgehead atoms.